The number of hydrogen-bond donors (Lipinski definition) is 1. The number of rotatable bonds is 8. The molecule has 0 aliphatic heterocycles. The molecule has 0 saturated carbocycles. The lowest BCUT2D eigenvalue weighted by atomic mass is 10.1. The van der Waals surface area contributed by atoms with Crippen LogP contribution in [0.5, 0.6) is 0 Å². The van der Waals surface area contributed by atoms with Crippen LogP contribution in [0.15, 0.2) is 23.1 Å². The molecule has 1 rings (SSSR count). The van der Waals surface area contributed by atoms with Gasteiger partial charge in [0.1, 0.15) is 0 Å². The fraction of sp³-hybridized carbons (Fsp3) is 0.438. The second-order valence-corrected chi connectivity index (χ2v) is 5.93. The summed E-state index contributed by atoms with van der Waals surface area (Å²) in [5, 5.41) is 10.8. The highest BCUT2D eigenvalue weighted by Gasteiger charge is 2.07. The number of benzene rings is 1. The lowest BCUT2D eigenvalue weighted by Crippen LogP contribution is -2.29. The zero-order valence-electron chi connectivity index (χ0n) is 12.8. The molecule has 0 aromatic heterocycles. The van der Waals surface area contributed by atoms with E-state index in [2.05, 4.69) is 31.3 Å². The van der Waals surface area contributed by atoms with E-state index in [1.54, 1.807) is 11.8 Å². The Morgan fingerprint density at radius 2 is 2.09 bits per heavy atom. The summed E-state index contributed by atoms with van der Waals surface area (Å²) in [5.74, 6) is -0.172. The largest absolute Gasteiger partial charge is 0.456 e. The van der Waals surface area contributed by atoms with Crippen LogP contribution in [-0.4, -0.2) is 30.8 Å². The van der Waals surface area contributed by atoms with E-state index < -0.39 is 5.97 Å². The second kappa shape index (κ2) is 9.85. The Bertz CT molecular complexity index is 567. The Balaban J connectivity index is 2.19. The van der Waals surface area contributed by atoms with Gasteiger partial charge in [0.15, 0.2) is 6.61 Å². The van der Waals surface area contributed by atoms with Gasteiger partial charge in [0, 0.05) is 17.2 Å². The van der Waals surface area contributed by atoms with E-state index in [0.29, 0.717) is 5.75 Å². The van der Waals surface area contributed by atoms with Crippen molar-refractivity contribution in [2.24, 2.45) is 0 Å². The quantitative estimate of drug-likeness (QED) is 0.452. The monoisotopic (exact) mass is 320 g/mol. The summed E-state index contributed by atoms with van der Waals surface area (Å²) in [5.41, 5.74) is 2.47. The van der Waals surface area contributed by atoms with Gasteiger partial charge in [-0.2, -0.15) is 5.26 Å². The molecule has 1 aromatic rings. The van der Waals surface area contributed by atoms with Gasteiger partial charge >= 0.3 is 5.97 Å². The molecule has 0 atom stereocenters. The summed E-state index contributed by atoms with van der Waals surface area (Å²) in [6.45, 7) is 4.09. The maximum atomic E-state index is 11.5. The van der Waals surface area contributed by atoms with Crippen molar-refractivity contribution in [1.82, 2.24) is 5.32 Å². The molecule has 1 aromatic carbocycles. The summed E-state index contributed by atoms with van der Waals surface area (Å²) in [7, 11) is 0. The molecule has 118 valence electrons. The molecule has 22 heavy (non-hydrogen) atoms. The molecule has 1 amide bonds. The number of thioether (sulfide) groups is 1. The Kier molecular flexibility index (Phi) is 8.08. The van der Waals surface area contributed by atoms with E-state index >= 15 is 0 Å². The maximum Gasteiger partial charge on any atom is 0.307 e. The van der Waals surface area contributed by atoms with Crippen LogP contribution in [-0.2, 0) is 14.3 Å². The predicted molar refractivity (Wildman–Crippen MR) is 85.5 cm³/mol. The number of amides is 1. The van der Waals surface area contributed by atoms with Crippen LogP contribution in [0.1, 0.15) is 24.0 Å². The van der Waals surface area contributed by atoms with Crippen molar-refractivity contribution in [1.29, 1.82) is 5.26 Å². The Morgan fingerprint density at radius 3 is 2.77 bits per heavy atom. The van der Waals surface area contributed by atoms with Gasteiger partial charge in [-0.1, -0.05) is 6.07 Å². The van der Waals surface area contributed by atoms with Crippen molar-refractivity contribution in [3.05, 3.63) is 29.3 Å². The molecular weight excluding hydrogens is 300 g/mol. The molecule has 6 heteroatoms. The molecule has 0 unspecified atom stereocenters. The van der Waals surface area contributed by atoms with E-state index in [4.69, 9.17) is 10.00 Å². The summed E-state index contributed by atoms with van der Waals surface area (Å²) >= 11 is 1.59. The first kappa shape index (κ1) is 18.1. The van der Waals surface area contributed by atoms with Crippen molar-refractivity contribution in [3.8, 4) is 6.07 Å². The molecule has 1 N–H and O–H groups in total. The number of nitrogens with one attached hydrogen (secondary N) is 1. The predicted octanol–water partition coefficient (Wildman–Crippen LogP) is 2.36. The lowest BCUT2D eigenvalue weighted by molar-refractivity contribution is -0.148. The fourth-order valence-electron chi connectivity index (χ4n) is 1.58. The Hall–Kier alpha value is -2.00. The topological polar surface area (TPSA) is 79.2 Å². The summed E-state index contributed by atoms with van der Waals surface area (Å²) in [4.78, 5) is 23.9. The fourth-order valence-corrected chi connectivity index (χ4v) is 2.51. The van der Waals surface area contributed by atoms with E-state index in [1.165, 1.54) is 11.1 Å². The molecule has 0 radical (unpaired) electrons. The highest BCUT2D eigenvalue weighted by molar-refractivity contribution is 7.99. The van der Waals surface area contributed by atoms with Gasteiger partial charge in [-0.05, 0) is 37.1 Å². The van der Waals surface area contributed by atoms with Crippen molar-refractivity contribution < 1.29 is 14.3 Å². The standard InChI is InChI=1S/C16H20N2O3S/c1-12-4-5-14(10-13(12)2)22-9-6-16(20)21-11-15(19)18-8-3-7-17/h4-5,10H,3,6,8-9,11H2,1-2H3,(H,18,19). The minimum atomic E-state index is -0.397. The van der Waals surface area contributed by atoms with E-state index in [1.807, 2.05) is 12.1 Å². The van der Waals surface area contributed by atoms with Gasteiger partial charge in [0.25, 0.3) is 5.91 Å². The van der Waals surface area contributed by atoms with Crippen molar-refractivity contribution in [2.45, 2.75) is 31.6 Å². The number of aryl methyl sites for hydroxylation is 2. The van der Waals surface area contributed by atoms with Crippen LogP contribution in [0.3, 0.4) is 0 Å². The molecule has 0 spiro atoms. The van der Waals surface area contributed by atoms with E-state index in [0.717, 1.165) is 4.90 Å². The minimum Gasteiger partial charge on any atom is -0.456 e. The SMILES string of the molecule is Cc1ccc(SCCC(=O)OCC(=O)NCCC#N)cc1C. The lowest BCUT2D eigenvalue weighted by Gasteiger charge is -2.06. The molecule has 0 bridgehead atoms. The van der Waals surface area contributed by atoms with Crippen LogP contribution in [0.2, 0.25) is 0 Å². The molecule has 0 aliphatic rings. The number of nitriles is 1. The smallest absolute Gasteiger partial charge is 0.307 e. The van der Waals surface area contributed by atoms with Crippen molar-refractivity contribution in [2.75, 3.05) is 18.9 Å². The van der Waals surface area contributed by atoms with Crippen LogP contribution in [0.4, 0.5) is 0 Å². The summed E-state index contributed by atoms with van der Waals surface area (Å²) in [6, 6.07) is 8.09. The molecule has 0 saturated heterocycles. The summed E-state index contributed by atoms with van der Waals surface area (Å²) < 4.78 is 4.87. The van der Waals surface area contributed by atoms with Crippen LogP contribution >= 0.6 is 11.8 Å². The van der Waals surface area contributed by atoms with Crippen LogP contribution < -0.4 is 5.32 Å². The Morgan fingerprint density at radius 1 is 1.32 bits per heavy atom. The first-order chi connectivity index (χ1) is 10.5. The molecule has 0 fully saturated rings. The average Bonchev–Trinajstić information content (AvgIpc) is 2.49. The first-order valence-electron chi connectivity index (χ1n) is 7.02. The number of hydrogen-bond acceptors (Lipinski definition) is 5. The second-order valence-electron chi connectivity index (χ2n) is 4.76. The first-order valence-corrected chi connectivity index (χ1v) is 8.01. The highest BCUT2D eigenvalue weighted by atomic mass is 32.2. The van der Waals surface area contributed by atoms with Crippen LogP contribution in [0.25, 0.3) is 0 Å². The van der Waals surface area contributed by atoms with Gasteiger partial charge in [0.05, 0.1) is 18.9 Å². The normalized spacial score (nSPS) is 9.86. The van der Waals surface area contributed by atoms with Gasteiger partial charge in [-0.25, -0.2) is 0 Å². The number of carbonyl (C=O) groups excluding carboxylic acids is 2. The zero-order valence-corrected chi connectivity index (χ0v) is 13.7. The van der Waals surface area contributed by atoms with Crippen molar-refractivity contribution in [3.63, 3.8) is 0 Å². The average molecular weight is 320 g/mol. The number of ether oxygens (including phenoxy) is 1. The third-order valence-corrected chi connectivity index (χ3v) is 3.97. The van der Waals surface area contributed by atoms with Gasteiger partial charge in [-0.15, -0.1) is 11.8 Å². The molecule has 0 heterocycles. The minimum absolute atomic E-state index is 0.242. The molecule has 5 nitrogen and oxygen atoms in total. The zero-order chi connectivity index (χ0) is 16.4. The summed E-state index contributed by atoms with van der Waals surface area (Å²) in [6.07, 6.45) is 0.495. The third kappa shape index (κ3) is 7.14. The highest BCUT2D eigenvalue weighted by Crippen LogP contribution is 2.21. The van der Waals surface area contributed by atoms with Gasteiger partial charge in [-0.3, -0.25) is 9.59 Å². The van der Waals surface area contributed by atoms with E-state index in [-0.39, 0.29) is 31.9 Å². The third-order valence-electron chi connectivity index (χ3n) is 2.98. The molecular formula is C16H20N2O3S. The van der Waals surface area contributed by atoms with Crippen molar-refractivity contribution >= 4 is 23.6 Å². The number of carbonyl (C=O) groups is 2. The molecule has 0 aliphatic carbocycles. The van der Waals surface area contributed by atoms with Crippen LogP contribution in [0, 0.1) is 25.2 Å². The van der Waals surface area contributed by atoms with Gasteiger partial charge < -0.3 is 10.1 Å². The van der Waals surface area contributed by atoms with E-state index in [9.17, 15) is 9.59 Å². The number of esters is 1. The Labute approximate surface area is 135 Å². The number of nitrogens with zero attached hydrogens (tertiary/aromatic N) is 1. The maximum absolute atomic E-state index is 11.5. The van der Waals surface area contributed by atoms with Gasteiger partial charge in [0.2, 0.25) is 0 Å².